The fraction of sp³-hybridized carbons (Fsp3) is 0.294. The Morgan fingerprint density at radius 3 is 2.55 bits per heavy atom. The van der Waals surface area contributed by atoms with Gasteiger partial charge in [0.2, 0.25) is 5.88 Å². The highest BCUT2D eigenvalue weighted by Crippen LogP contribution is 2.47. The Labute approximate surface area is 129 Å². The third-order valence-corrected chi connectivity index (χ3v) is 3.75. The van der Waals surface area contributed by atoms with Crippen molar-refractivity contribution in [1.29, 1.82) is 5.26 Å². The lowest BCUT2D eigenvalue weighted by Crippen LogP contribution is -2.24. The molecule has 0 aliphatic carbocycles. The molecule has 0 bridgehead atoms. The fourth-order valence-corrected chi connectivity index (χ4v) is 2.78. The summed E-state index contributed by atoms with van der Waals surface area (Å²) < 4.78 is 5.91. The molecule has 22 heavy (non-hydrogen) atoms. The Morgan fingerprint density at radius 1 is 1.27 bits per heavy atom. The summed E-state index contributed by atoms with van der Waals surface area (Å²) >= 11 is 0. The summed E-state index contributed by atoms with van der Waals surface area (Å²) in [5.41, 5.74) is 8.04. The Balaban J connectivity index is 2.29. The molecule has 3 rings (SSSR count). The van der Waals surface area contributed by atoms with Crippen molar-refractivity contribution in [2.24, 2.45) is 5.41 Å². The highest BCUT2D eigenvalue weighted by molar-refractivity contribution is 5.61. The van der Waals surface area contributed by atoms with Gasteiger partial charge in [0.1, 0.15) is 11.6 Å². The molecule has 0 fully saturated rings. The normalized spacial score (nSPS) is 17.6. The van der Waals surface area contributed by atoms with Gasteiger partial charge in [0.25, 0.3) is 0 Å². The van der Waals surface area contributed by atoms with E-state index in [-0.39, 0.29) is 11.3 Å². The lowest BCUT2D eigenvalue weighted by molar-refractivity contribution is 0.269. The van der Waals surface area contributed by atoms with Crippen LogP contribution in [0.3, 0.4) is 0 Å². The van der Waals surface area contributed by atoms with Gasteiger partial charge in [0.15, 0.2) is 0 Å². The predicted molar refractivity (Wildman–Crippen MR) is 84.0 cm³/mol. The molecule has 5 nitrogen and oxygen atoms in total. The van der Waals surface area contributed by atoms with Crippen LogP contribution in [0.4, 0.5) is 5.82 Å². The van der Waals surface area contributed by atoms with Crippen LogP contribution in [0.2, 0.25) is 0 Å². The van der Waals surface area contributed by atoms with Crippen LogP contribution in [0.1, 0.15) is 37.8 Å². The number of nitrogens with zero attached hydrogens (tertiary/aromatic N) is 2. The first-order chi connectivity index (χ1) is 10.4. The zero-order valence-electron chi connectivity index (χ0n) is 12.8. The number of nitrogens with two attached hydrogens (primary N) is 1. The van der Waals surface area contributed by atoms with Crippen molar-refractivity contribution < 1.29 is 4.74 Å². The van der Waals surface area contributed by atoms with E-state index in [2.05, 4.69) is 16.3 Å². The standard InChI is InChI=1S/C17H18N4O/c1-17(2,3)14-11(9-18)12(10-7-5-4-6-8-10)13-15(19)20-21-16(13)22-14/h4-8,12H,1-3H3,(H3,19,20,21). The van der Waals surface area contributed by atoms with Crippen LogP contribution in [0.15, 0.2) is 41.7 Å². The number of allylic oxidation sites excluding steroid dienone is 2. The number of ether oxygens (including phenoxy) is 1. The van der Waals surface area contributed by atoms with E-state index < -0.39 is 0 Å². The minimum Gasteiger partial charge on any atom is -0.440 e. The number of aromatic nitrogens is 2. The molecule has 1 atom stereocenters. The second-order valence-electron chi connectivity index (χ2n) is 6.41. The van der Waals surface area contributed by atoms with Crippen molar-refractivity contribution in [3.63, 3.8) is 0 Å². The van der Waals surface area contributed by atoms with Crippen molar-refractivity contribution in [3.05, 3.63) is 52.8 Å². The van der Waals surface area contributed by atoms with Crippen LogP contribution >= 0.6 is 0 Å². The third kappa shape index (κ3) is 2.13. The quantitative estimate of drug-likeness (QED) is 0.844. The zero-order chi connectivity index (χ0) is 15.9. The molecule has 1 aromatic heterocycles. The van der Waals surface area contributed by atoms with Gasteiger partial charge in [-0.3, -0.25) is 5.10 Å². The molecule has 1 aliphatic rings. The molecule has 3 N–H and O–H groups in total. The maximum atomic E-state index is 9.75. The first-order valence-electron chi connectivity index (χ1n) is 7.14. The van der Waals surface area contributed by atoms with E-state index in [1.807, 2.05) is 51.1 Å². The van der Waals surface area contributed by atoms with E-state index in [9.17, 15) is 5.26 Å². The topological polar surface area (TPSA) is 87.7 Å². The maximum absolute atomic E-state index is 9.75. The van der Waals surface area contributed by atoms with Crippen molar-refractivity contribution in [3.8, 4) is 11.9 Å². The molecular formula is C17H18N4O. The molecule has 0 spiro atoms. The molecule has 0 saturated carbocycles. The van der Waals surface area contributed by atoms with Crippen molar-refractivity contribution in [2.75, 3.05) is 5.73 Å². The van der Waals surface area contributed by atoms with E-state index >= 15 is 0 Å². The first kappa shape index (κ1) is 14.2. The summed E-state index contributed by atoms with van der Waals surface area (Å²) in [6.07, 6.45) is 0. The lowest BCUT2D eigenvalue weighted by atomic mass is 9.79. The summed E-state index contributed by atoms with van der Waals surface area (Å²) in [7, 11) is 0. The van der Waals surface area contributed by atoms with Gasteiger partial charge >= 0.3 is 0 Å². The average Bonchev–Trinajstić information content (AvgIpc) is 2.86. The van der Waals surface area contributed by atoms with E-state index in [1.54, 1.807) is 0 Å². The first-order valence-corrected chi connectivity index (χ1v) is 7.14. The van der Waals surface area contributed by atoms with E-state index in [0.29, 0.717) is 23.0 Å². The molecule has 5 heteroatoms. The van der Waals surface area contributed by atoms with E-state index in [1.165, 1.54) is 0 Å². The number of aromatic amines is 1. The molecule has 2 aromatic rings. The van der Waals surface area contributed by atoms with Crippen molar-refractivity contribution >= 4 is 5.82 Å². The van der Waals surface area contributed by atoms with Crippen molar-refractivity contribution in [2.45, 2.75) is 26.7 Å². The van der Waals surface area contributed by atoms with Gasteiger partial charge in [-0.05, 0) is 5.56 Å². The van der Waals surface area contributed by atoms with Crippen LogP contribution in [-0.4, -0.2) is 10.2 Å². The SMILES string of the molecule is CC(C)(C)C1=C(C#N)C(c2ccccc2)c2c(n[nH]c2N)O1. The van der Waals surface area contributed by atoms with Gasteiger partial charge in [-0.1, -0.05) is 51.1 Å². The average molecular weight is 294 g/mol. The molecule has 112 valence electrons. The van der Waals surface area contributed by atoms with Gasteiger partial charge in [-0.15, -0.1) is 5.10 Å². The number of rotatable bonds is 1. The van der Waals surface area contributed by atoms with E-state index in [0.717, 1.165) is 11.1 Å². The summed E-state index contributed by atoms with van der Waals surface area (Å²) in [4.78, 5) is 0. The Hall–Kier alpha value is -2.74. The predicted octanol–water partition coefficient (Wildman–Crippen LogP) is 3.34. The van der Waals surface area contributed by atoms with Gasteiger partial charge < -0.3 is 10.5 Å². The maximum Gasteiger partial charge on any atom is 0.244 e. The molecule has 0 amide bonds. The van der Waals surface area contributed by atoms with Crippen LogP contribution < -0.4 is 10.5 Å². The van der Waals surface area contributed by atoms with Gasteiger partial charge in [-0.2, -0.15) is 5.26 Å². The molecule has 1 unspecified atom stereocenters. The largest absolute Gasteiger partial charge is 0.440 e. The summed E-state index contributed by atoms with van der Waals surface area (Å²) in [5.74, 6) is 1.27. The third-order valence-electron chi connectivity index (χ3n) is 3.75. The van der Waals surface area contributed by atoms with Gasteiger partial charge in [-0.25, -0.2) is 0 Å². The number of hydrogen-bond acceptors (Lipinski definition) is 4. The minimum atomic E-state index is -0.302. The Bertz CT molecular complexity index is 775. The highest BCUT2D eigenvalue weighted by Gasteiger charge is 2.39. The van der Waals surface area contributed by atoms with Crippen LogP contribution in [0, 0.1) is 16.7 Å². The number of nitrogens with one attached hydrogen (secondary N) is 1. The molecule has 1 aliphatic heterocycles. The Kier molecular flexibility index (Phi) is 3.18. The second kappa shape index (κ2) is 4.92. The monoisotopic (exact) mass is 294 g/mol. The molecule has 1 aromatic carbocycles. The number of nitriles is 1. The summed E-state index contributed by atoms with van der Waals surface area (Å²) in [5, 5.41) is 16.7. The second-order valence-corrected chi connectivity index (χ2v) is 6.41. The van der Waals surface area contributed by atoms with E-state index in [4.69, 9.17) is 10.5 Å². The molecule has 2 heterocycles. The zero-order valence-corrected chi connectivity index (χ0v) is 12.8. The smallest absolute Gasteiger partial charge is 0.244 e. The summed E-state index contributed by atoms with van der Waals surface area (Å²) in [6.45, 7) is 6.05. The fourth-order valence-electron chi connectivity index (χ4n) is 2.78. The van der Waals surface area contributed by atoms with Gasteiger partial charge in [0.05, 0.1) is 23.1 Å². The number of benzene rings is 1. The summed E-state index contributed by atoms with van der Waals surface area (Å²) in [6, 6.07) is 12.2. The number of nitrogen functional groups attached to an aromatic ring is 1. The molecule has 0 saturated heterocycles. The highest BCUT2D eigenvalue weighted by atomic mass is 16.5. The van der Waals surface area contributed by atoms with Crippen LogP contribution in [0.25, 0.3) is 0 Å². The number of fused-ring (bicyclic) bond motifs is 1. The molecular weight excluding hydrogens is 276 g/mol. The Morgan fingerprint density at radius 2 is 1.95 bits per heavy atom. The number of hydrogen-bond donors (Lipinski definition) is 2. The number of H-pyrrole nitrogens is 1. The molecule has 0 radical (unpaired) electrons. The minimum absolute atomic E-state index is 0.261. The van der Waals surface area contributed by atoms with Gasteiger partial charge in [0, 0.05) is 5.41 Å². The number of anilines is 1. The lowest BCUT2D eigenvalue weighted by Gasteiger charge is -2.31. The van der Waals surface area contributed by atoms with Crippen molar-refractivity contribution in [1.82, 2.24) is 10.2 Å². The van der Waals surface area contributed by atoms with Crippen LogP contribution in [-0.2, 0) is 0 Å². The van der Waals surface area contributed by atoms with Crippen LogP contribution in [0.5, 0.6) is 5.88 Å².